The minimum Gasteiger partial charge on any atom is -0.489 e. The summed E-state index contributed by atoms with van der Waals surface area (Å²) in [4.78, 5) is 15.2. The topological polar surface area (TPSA) is 67.6 Å². The molecular weight excluding hydrogens is 397 g/mol. The number of anilines is 1. The molecule has 31 heavy (non-hydrogen) atoms. The fraction of sp³-hybridized carbons (Fsp3) is 0.333. The number of carbonyl (C=O) groups excluding carboxylic acids is 1. The molecule has 1 aromatic heterocycles. The SMILES string of the molecule is Cc1onc(C(=O)Nc2ccc(CN3CCCCC3)cc2)c1COc1ccc(F)cc1. The molecule has 1 aliphatic rings. The third-order valence-corrected chi connectivity index (χ3v) is 5.46. The third-order valence-electron chi connectivity index (χ3n) is 5.46. The van der Waals surface area contributed by atoms with Crippen LogP contribution in [0.25, 0.3) is 0 Å². The average Bonchev–Trinajstić information content (AvgIpc) is 3.16. The predicted molar refractivity (Wildman–Crippen MR) is 115 cm³/mol. The molecule has 2 aromatic carbocycles. The van der Waals surface area contributed by atoms with Crippen LogP contribution in [0, 0.1) is 12.7 Å². The lowest BCUT2D eigenvalue weighted by molar-refractivity contribution is 0.101. The molecule has 1 aliphatic heterocycles. The molecule has 1 amide bonds. The summed E-state index contributed by atoms with van der Waals surface area (Å²) in [6.45, 7) is 5.04. The van der Waals surface area contributed by atoms with Gasteiger partial charge in [0.2, 0.25) is 0 Å². The number of likely N-dealkylation sites (tertiary alicyclic amines) is 1. The van der Waals surface area contributed by atoms with Gasteiger partial charge in [0.15, 0.2) is 5.69 Å². The van der Waals surface area contributed by atoms with Crippen LogP contribution in [-0.4, -0.2) is 29.1 Å². The predicted octanol–water partition coefficient (Wildman–Crippen LogP) is 4.94. The van der Waals surface area contributed by atoms with Crippen molar-refractivity contribution in [3.63, 3.8) is 0 Å². The molecule has 0 atom stereocenters. The zero-order valence-corrected chi connectivity index (χ0v) is 17.6. The van der Waals surface area contributed by atoms with E-state index in [0.29, 0.717) is 22.8 Å². The summed E-state index contributed by atoms with van der Waals surface area (Å²) in [5.41, 5.74) is 2.66. The second-order valence-electron chi connectivity index (χ2n) is 7.80. The minimum absolute atomic E-state index is 0.0957. The Morgan fingerprint density at radius 2 is 1.81 bits per heavy atom. The van der Waals surface area contributed by atoms with E-state index in [1.165, 1.54) is 49.1 Å². The highest BCUT2D eigenvalue weighted by atomic mass is 19.1. The number of ether oxygens (including phenoxy) is 1. The van der Waals surface area contributed by atoms with Crippen molar-refractivity contribution in [2.24, 2.45) is 0 Å². The van der Waals surface area contributed by atoms with Gasteiger partial charge in [-0.05, 0) is 74.8 Å². The summed E-state index contributed by atoms with van der Waals surface area (Å²) in [5.74, 6) is 0.302. The van der Waals surface area contributed by atoms with Crippen molar-refractivity contribution >= 4 is 11.6 Å². The fourth-order valence-corrected chi connectivity index (χ4v) is 3.69. The van der Waals surface area contributed by atoms with E-state index < -0.39 is 0 Å². The zero-order chi connectivity index (χ0) is 21.6. The van der Waals surface area contributed by atoms with E-state index >= 15 is 0 Å². The second kappa shape index (κ2) is 9.75. The van der Waals surface area contributed by atoms with E-state index in [1.807, 2.05) is 24.3 Å². The highest BCUT2D eigenvalue weighted by Gasteiger charge is 2.21. The fourth-order valence-electron chi connectivity index (χ4n) is 3.69. The first kappa shape index (κ1) is 21.1. The Labute approximate surface area is 181 Å². The molecule has 0 saturated carbocycles. The molecular formula is C24H26FN3O3. The number of hydrogen-bond donors (Lipinski definition) is 1. The van der Waals surface area contributed by atoms with E-state index in [2.05, 4.69) is 15.4 Å². The standard InChI is InChI=1S/C24H26FN3O3/c1-17-22(16-30-21-11-7-19(25)8-12-21)23(27-31-17)24(29)26-20-9-5-18(6-10-20)15-28-13-3-2-4-14-28/h5-12H,2-4,13-16H2,1H3,(H,26,29). The molecule has 4 rings (SSSR count). The Hall–Kier alpha value is -3.19. The van der Waals surface area contributed by atoms with Gasteiger partial charge in [-0.3, -0.25) is 9.69 Å². The number of rotatable bonds is 7. The number of piperidine rings is 1. The summed E-state index contributed by atoms with van der Waals surface area (Å²) in [5, 5.41) is 6.77. The highest BCUT2D eigenvalue weighted by Crippen LogP contribution is 2.20. The molecule has 1 N–H and O–H groups in total. The molecule has 0 aliphatic carbocycles. The molecule has 0 spiro atoms. The van der Waals surface area contributed by atoms with E-state index in [4.69, 9.17) is 9.26 Å². The maximum atomic E-state index is 13.0. The Morgan fingerprint density at radius 1 is 1.10 bits per heavy atom. The van der Waals surface area contributed by atoms with Crippen LogP contribution < -0.4 is 10.1 Å². The van der Waals surface area contributed by atoms with Crippen LogP contribution in [0.3, 0.4) is 0 Å². The highest BCUT2D eigenvalue weighted by molar-refractivity contribution is 6.03. The summed E-state index contributed by atoms with van der Waals surface area (Å²) in [6, 6.07) is 13.6. The van der Waals surface area contributed by atoms with Crippen LogP contribution in [0.4, 0.5) is 10.1 Å². The summed E-state index contributed by atoms with van der Waals surface area (Å²) in [6.07, 6.45) is 3.84. The van der Waals surface area contributed by atoms with Gasteiger partial charge in [0.25, 0.3) is 5.91 Å². The molecule has 0 unspecified atom stereocenters. The first-order valence-electron chi connectivity index (χ1n) is 10.5. The average molecular weight is 423 g/mol. The van der Waals surface area contributed by atoms with E-state index in [0.717, 1.165) is 19.6 Å². The number of hydrogen-bond acceptors (Lipinski definition) is 5. The van der Waals surface area contributed by atoms with Crippen molar-refractivity contribution in [3.05, 3.63) is 76.9 Å². The number of carbonyl (C=O) groups is 1. The lowest BCUT2D eigenvalue weighted by atomic mass is 10.1. The number of aryl methyl sites for hydroxylation is 1. The zero-order valence-electron chi connectivity index (χ0n) is 17.6. The van der Waals surface area contributed by atoms with Gasteiger partial charge >= 0.3 is 0 Å². The van der Waals surface area contributed by atoms with Crippen LogP contribution >= 0.6 is 0 Å². The summed E-state index contributed by atoms with van der Waals surface area (Å²) in [7, 11) is 0. The number of nitrogens with zero attached hydrogens (tertiary/aromatic N) is 2. The van der Waals surface area contributed by atoms with Gasteiger partial charge in [0.05, 0.1) is 5.56 Å². The monoisotopic (exact) mass is 423 g/mol. The van der Waals surface area contributed by atoms with Crippen molar-refractivity contribution < 1.29 is 18.4 Å². The van der Waals surface area contributed by atoms with Crippen LogP contribution in [0.5, 0.6) is 5.75 Å². The Morgan fingerprint density at radius 3 is 2.52 bits per heavy atom. The van der Waals surface area contributed by atoms with E-state index in [-0.39, 0.29) is 24.0 Å². The minimum atomic E-state index is -0.363. The van der Waals surface area contributed by atoms with Gasteiger partial charge < -0.3 is 14.6 Å². The van der Waals surface area contributed by atoms with E-state index in [9.17, 15) is 9.18 Å². The maximum absolute atomic E-state index is 13.0. The van der Waals surface area contributed by atoms with Crippen molar-refractivity contribution in [3.8, 4) is 5.75 Å². The van der Waals surface area contributed by atoms with Crippen molar-refractivity contribution in [1.29, 1.82) is 0 Å². The lowest BCUT2D eigenvalue weighted by Gasteiger charge is -2.26. The van der Waals surface area contributed by atoms with Crippen LogP contribution in [0.2, 0.25) is 0 Å². The largest absolute Gasteiger partial charge is 0.489 e. The van der Waals surface area contributed by atoms with Gasteiger partial charge in [-0.1, -0.05) is 23.7 Å². The maximum Gasteiger partial charge on any atom is 0.278 e. The molecule has 1 saturated heterocycles. The third kappa shape index (κ3) is 5.49. The summed E-state index contributed by atoms with van der Waals surface area (Å²) < 4.78 is 23.9. The Bertz CT molecular complexity index is 1010. The van der Waals surface area contributed by atoms with Gasteiger partial charge in [-0.25, -0.2) is 4.39 Å². The Balaban J connectivity index is 1.37. The quantitative estimate of drug-likeness (QED) is 0.583. The van der Waals surface area contributed by atoms with Gasteiger partial charge in [-0.2, -0.15) is 0 Å². The molecule has 1 fully saturated rings. The number of benzene rings is 2. The summed E-state index contributed by atoms with van der Waals surface area (Å²) >= 11 is 0. The Kier molecular flexibility index (Phi) is 6.62. The van der Waals surface area contributed by atoms with Crippen LogP contribution in [-0.2, 0) is 13.2 Å². The number of nitrogens with one attached hydrogen (secondary N) is 1. The molecule has 162 valence electrons. The first-order chi connectivity index (χ1) is 15.1. The van der Waals surface area contributed by atoms with Gasteiger partial charge in [0.1, 0.15) is 23.9 Å². The molecule has 3 aromatic rings. The molecule has 0 bridgehead atoms. The second-order valence-corrected chi connectivity index (χ2v) is 7.80. The van der Waals surface area contributed by atoms with E-state index in [1.54, 1.807) is 6.92 Å². The molecule has 7 heteroatoms. The number of aromatic nitrogens is 1. The molecule has 6 nitrogen and oxygen atoms in total. The molecule has 2 heterocycles. The van der Waals surface area contributed by atoms with Crippen LogP contribution in [0.15, 0.2) is 53.1 Å². The normalized spacial score (nSPS) is 14.4. The lowest BCUT2D eigenvalue weighted by Crippen LogP contribution is -2.29. The number of halogens is 1. The number of amides is 1. The van der Waals surface area contributed by atoms with Gasteiger partial charge in [-0.15, -0.1) is 0 Å². The smallest absolute Gasteiger partial charge is 0.278 e. The van der Waals surface area contributed by atoms with Crippen molar-refractivity contribution in [2.45, 2.75) is 39.3 Å². The van der Waals surface area contributed by atoms with Crippen molar-refractivity contribution in [1.82, 2.24) is 10.1 Å². The molecule has 0 radical (unpaired) electrons. The van der Waals surface area contributed by atoms with Gasteiger partial charge in [0, 0.05) is 12.2 Å². The first-order valence-corrected chi connectivity index (χ1v) is 10.5. The van der Waals surface area contributed by atoms with Crippen molar-refractivity contribution in [2.75, 3.05) is 18.4 Å². The van der Waals surface area contributed by atoms with Crippen LogP contribution in [0.1, 0.15) is 46.6 Å².